The number of hydrogen-bond acceptors (Lipinski definition) is 2. The number of aromatic carboxylic acids is 1. The molecule has 0 heterocycles. The van der Waals surface area contributed by atoms with E-state index in [1.165, 1.54) is 0 Å². The molecule has 0 saturated heterocycles. The van der Waals surface area contributed by atoms with Crippen LogP contribution in [0.4, 0.5) is 0 Å². The molecule has 86 valence electrons. The van der Waals surface area contributed by atoms with Crippen molar-refractivity contribution in [2.75, 3.05) is 6.61 Å². The van der Waals surface area contributed by atoms with Crippen molar-refractivity contribution in [3.63, 3.8) is 0 Å². The van der Waals surface area contributed by atoms with Gasteiger partial charge in [-0.05, 0) is 35.0 Å². The average molecular weight is 228 g/mol. The maximum absolute atomic E-state index is 11.0. The third kappa shape index (κ3) is 2.28. The first kappa shape index (κ1) is 11.2. The molecular weight excluding hydrogens is 216 g/mol. The van der Waals surface area contributed by atoms with E-state index in [1.807, 2.05) is 12.1 Å². The standard InChI is InChI=1S/C14H12O3/c1-2-8-17-11-6-7-12-10(9-11)4-3-5-13(12)14(15)16/h2-7,9H,1,8H2,(H,15,16). The van der Waals surface area contributed by atoms with Crippen molar-refractivity contribution >= 4 is 16.7 Å². The fraction of sp³-hybridized carbons (Fsp3) is 0.0714. The van der Waals surface area contributed by atoms with E-state index < -0.39 is 5.97 Å². The summed E-state index contributed by atoms with van der Waals surface area (Å²) in [5, 5.41) is 10.6. The molecule has 0 aliphatic carbocycles. The third-order valence-electron chi connectivity index (χ3n) is 2.45. The van der Waals surface area contributed by atoms with E-state index >= 15 is 0 Å². The Kier molecular flexibility index (Phi) is 3.10. The predicted octanol–water partition coefficient (Wildman–Crippen LogP) is 3.10. The molecule has 0 saturated carbocycles. The second-order valence-electron chi connectivity index (χ2n) is 3.59. The monoisotopic (exact) mass is 228 g/mol. The van der Waals surface area contributed by atoms with Crippen LogP contribution in [0, 0.1) is 0 Å². The summed E-state index contributed by atoms with van der Waals surface area (Å²) in [5.41, 5.74) is 0.303. The van der Waals surface area contributed by atoms with E-state index in [2.05, 4.69) is 6.58 Å². The molecule has 0 aliphatic heterocycles. The highest BCUT2D eigenvalue weighted by Gasteiger charge is 2.07. The zero-order valence-electron chi connectivity index (χ0n) is 9.22. The summed E-state index contributed by atoms with van der Waals surface area (Å²) in [7, 11) is 0. The second-order valence-corrected chi connectivity index (χ2v) is 3.59. The van der Waals surface area contributed by atoms with Crippen LogP contribution in [0.1, 0.15) is 10.4 Å². The van der Waals surface area contributed by atoms with Gasteiger partial charge in [0, 0.05) is 0 Å². The van der Waals surface area contributed by atoms with Gasteiger partial charge in [0.15, 0.2) is 0 Å². The van der Waals surface area contributed by atoms with Gasteiger partial charge >= 0.3 is 5.97 Å². The van der Waals surface area contributed by atoms with Gasteiger partial charge in [0.2, 0.25) is 0 Å². The van der Waals surface area contributed by atoms with E-state index in [0.29, 0.717) is 23.3 Å². The average Bonchev–Trinajstić information content (AvgIpc) is 2.35. The first-order valence-electron chi connectivity index (χ1n) is 5.22. The highest BCUT2D eigenvalue weighted by molar-refractivity contribution is 6.03. The fourth-order valence-electron chi connectivity index (χ4n) is 1.69. The number of carboxylic acid groups (broad SMARTS) is 1. The van der Waals surface area contributed by atoms with Crippen LogP contribution in [0.15, 0.2) is 49.1 Å². The Morgan fingerprint density at radius 1 is 1.35 bits per heavy atom. The van der Waals surface area contributed by atoms with Gasteiger partial charge in [0.05, 0.1) is 5.56 Å². The SMILES string of the molecule is C=CCOc1ccc2c(C(=O)O)cccc2c1. The van der Waals surface area contributed by atoms with Crippen LogP contribution in [0.25, 0.3) is 10.8 Å². The van der Waals surface area contributed by atoms with E-state index in [-0.39, 0.29) is 0 Å². The van der Waals surface area contributed by atoms with E-state index in [0.717, 1.165) is 5.39 Å². The van der Waals surface area contributed by atoms with Crippen molar-refractivity contribution in [2.45, 2.75) is 0 Å². The molecule has 0 atom stereocenters. The highest BCUT2D eigenvalue weighted by Crippen LogP contribution is 2.24. The Labute approximate surface area is 99.0 Å². The molecule has 0 aromatic heterocycles. The maximum atomic E-state index is 11.0. The number of fused-ring (bicyclic) bond motifs is 1. The first-order chi connectivity index (χ1) is 8.22. The molecule has 2 aromatic rings. The lowest BCUT2D eigenvalue weighted by molar-refractivity contribution is 0.0699. The molecule has 2 rings (SSSR count). The predicted molar refractivity (Wildman–Crippen MR) is 66.6 cm³/mol. The zero-order valence-corrected chi connectivity index (χ0v) is 9.22. The Bertz CT molecular complexity index is 573. The van der Waals surface area contributed by atoms with E-state index in [9.17, 15) is 4.79 Å². The fourth-order valence-corrected chi connectivity index (χ4v) is 1.69. The first-order valence-corrected chi connectivity index (χ1v) is 5.22. The summed E-state index contributed by atoms with van der Waals surface area (Å²) < 4.78 is 5.40. The van der Waals surface area contributed by atoms with Crippen molar-refractivity contribution < 1.29 is 14.6 Å². The minimum Gasteiger partial charge on any atom is -0.490 e. The van der Waals surface area contributed by atoms with Crippen molar-refractivity contribution in [2.24, 2.45) is 0 Å². The Hall–Kier alpha value is -2.29. The number of hydrogen-bond donors (Lipinski definition) is 1. The number of carbonyl (C=O) groups is 1. The number of ether oxygens (including phenoxy) is 1. The van der Waals surface area contributed by atoms with Crippen LogP contribution in [0.5, 0.6) is 5.75 Å². The van der Waals surface area contributed by atoms with Crippen LogP contribution in [-0.2, 0) is 0 Å². The van der Waals surface area contributed by atoms with Crippen molar-refractivity contribution in [1.29, 1.82) is 0 Å². The van der Waals surface area contributed by atoms with Gasteiger partial charge in [-0.3, -0.25) is 0 Å². The van der Waals surface area contributed by atoms with Gasteiger partial charge in [0.25, 0.3) is 0 Å². The number of benzene rings is 2. The largest absolute Gasteiger partial charge is 0.490 e. The summed E-state index contributed by atoms with van der Waals surface area (Å²) in [6, 6.07) is 10.5. The molecule has 0 unspecified atom stereocenters. The Morgan fingerprint density at radius 2 is 2.18 bits per heavy atom. The Morgan fingerprint density at radius 3 is 2.88 bits per heavy atom. The van der Waals surface area contributed by atoms with Gasteiger partial charge in [-0.25, -0.2) is 4.79 Å². The van der Waals surface area contributed by atoms with Crippen LogP contribution in [-0.4, -0.2) is 17.7 Å². The molecule has 1 N–H and O–H groups in total. The molecule has 0 spiro atoms. The van der Waals surface area contributed by atoms with E-state index in [1.54, 1.807) is 30.3 Å². The highest BCUT2D eigenvalue weighted by atomic mass is 16.5. The maximum Gasteiger partial charge on any atom is 0.336 e. The minimum atomic E-state index is -0.921. The van der Waals surface area contributed by atoms with Crippen LogP contribution >= 0.6 is 0 Å². The molecule has 0 fully saturated rings. The summed E-state index contributed by atoms with van der Waals surface area (Å²) >= 11 is 0. The van der Waals surface area contributed by atoms with Crippen LogP contribution < -0.4 is 4.74 Å². The van der Waals surface area contributed by atoms with Gasteiger partial charge in [-0.15, -0.1) is 0 Å². The van der Waals surface area contributed by atoms with Crippen molar-refractivity contribution in [1.82, 2.24) is 0 Å². The molecule has 0 aliphatic rings. The quantitative estimate of drug-likeness (QED) is 0.818. The molecule has 17 heavy (non-hydrogen) atoms. The second kappa shape index (κ2) is 4.70. The third-order valence-corrected chi connectivity index (χ3v) is 2.45. The van der Waals surface area contributed by atoms with Gasteiger partial charge < -0.3 is 9.84 Å². The van der Waals surface area contributed by atoms with Gasteiger partial charge in [0.1, 0.15) is 12.4 Å². The number of carboxylic acids is 1. The minimum absolute atomic E-state index is 0.303. The normalized spacial score (nSPS) is 10.1. The lowest BCUT2D eigenvalue weighted by atomic mass is 10.0. The molecule has 3 nitrogen and oxygen atoms in total. The molecule has 0 radical (unpaired) electrons. The van der Waals surface area contributed by atoms with Gasteiger partial charge in [-0.1, -0.05) is 24.8 Å². The molecule has 3 heteroatoms. The lowest BCUT2D eigenvalue weighted by Gasteiger charge is -2.06. The smallest absolute Gasteiger partial charge is 0.336 e. The summed E-state index contributed by atoms with van der Waals surface area (Å²) in [5.74, 6) is -0.213. The number of rotatable bonds is 4. The van der Waals surface area contributed by atoms with Crippen molar-refractivity contribution in [3.05, 3.63) is 54.6 Å². The van der Waals surface area contributed by atoms with Crippen LogP contribution in [0.2, 0.25) is 0 Å². The molecule has 2 aromatic carbocycles. The molecule has 0 bridgehead atoms. The zero-order chi connectivity index (χ0) is 12.3. The molecular formula is C14H12O3. The summed E-state index contributed by atoms with van der Waals surface area (Å²) in [6.07, 6.45) is 1.66. The van der Waals surface area contributed by atoms with Gasteiger partial charge in [-0.2, -0.15) is 0 Å². The lowest BCUT2D eigenvalue weighted by Crippen LogP contribution is -1.97. The Balaban J connectivity index is 2.49. The summed E-state index contributed by atoms with van der Waals surface area (Å²) in [6.45, 7) is 4.01. The summed E-state index contributed by atoms with van der Waals surface area (Å²) in [4.78, 5) is 11.0. The topological polar surface area (TPSA) is 46.5 Å². The van der Waals surface area contributed by atoms with E-state index in [4.69, 9.17) is 9.84 Å². The van der Waals surface area contributed by atoms with Crippen molar-refractivity contribution in [3.8, 4) is 5.75 Å². The van der Waals surface area contributed by atoms with Crippen LogP contribution in [0.3, 0.4) is 0 Å². The molecule has 0 amide bonds.